The van der Waals surface area contributed by atoms with Crippen molar-refractivity contribution in [3.63, 3.8) is 0 Å². The summed E-state index contributed by atoms with van der Waals surface area (Å²) < 4.78 is 4.92. The average molecular weight is 240 g/mol. The Hall–Kier alpha value is -2.05. The standard InChI is InChI=1S/C10H16N4O3/c1-4-11-9(15)6(2)14-8-7(17-3)10(16)13-5-12-8/h5-6H,4H2,1-3H3,(H,11,15)(H2,12,13,14,16). The minimum atomic E-state index is -0.502. The number of hydrogen-bond acceptors (Lipinski definition) is 5. The zero-order chi connectivity index (χ0) is 12.8. The summed E-state index contributed by atoms with van der Waals surface area (Å²) in [7, 11) is 1.37. The van der Waals surface area contributed by atoms with Crippen LogP contribution >= 0.6 is 0 Å². The first-order valence-electron chi connectivity index (χ1n) is 5.26. The van der Waals surface area contributed by atoms with Gasteiger partial charge in [-0.3, -0.25) is 9.59 Å². The molecule has 1 rings (SSSR count). The van der Waals surface area contributed by atoms with Crippen LogP contribution in [0.1, 0.15) is 13.8 Å². The van der Waals surface area contributed by atoms with Gasteiger partial charge in [0.1, 0.15) is 6.04 Å². The summed E-state index contributed by atoms with van der Waals surface area (Å²) in [6.07, 6.45) is 1.25. The fourth-order valence-corrected chi connectivity index (χ4v) is 1.28. The molecule has 0 bridgehead atoms. The summed E-state index contributed by atoms with van der Waals surface area (Å²) in [6, 6.07) is -0.502. The number of ether oxygens (including phenoxy) is 1. The van der Waals surface area contributed by atoms with Crippen molar-refractivity contribution in [1.82, 2.24) is 15.3 Å². The van der Waals surface area contributed by atoms with Crippen LogP contribution in [-0.2, 0) is 4.79 Å². The molecule has 1 aromatic heterocycles. The van der Waals surface area contributed by atoms with Gasteiger partial charge in [-0.2, -0.15) is 0 Å². The molecule has 7 heteroatoms. The molecule has 0 spiro atoms. The largest absolute Gasteiger partial charge is 0.489 e. The molecule has 1 unspecified atom stereocenters. The molecule has 0 saturated heterocycles. The quantitative estimate of drug-likeness (QED) is 0.657. The molecule has 94 valence electrons. The first-order valence-corrected chi connectivity index (χ1v) is 5.26. The molecule has 1 aromatic rings. The fourth-order valence-electron chi connectivity index (χ4n) is 1.28. The van der Waals surface area contributed by atoms with Crippen molar-refractivity contribution in [2.45, 2.75) is 19.9 Å². The van der Waals surface area contributed by atoms with Crippen LogP contribution in [0.15, 0.2) is 11.1 Å². The third-order valence-corrected chi connectivity index (χ3v) is 2.11. The molecule has 1 heterocycles. The van der Waals surface area contributed by atoms with E-state index in [4.69, 9.17) is 4.74 Å². The molecule has 0 saturated carbocycles. The van der Waals surface area contributed by atoms with Crippen LogP contribution in [0.2, 0.25) is 0 Å². The van der Waals surface area contributed by atoms with E-state index in [0.717, 1.165) is 0 Å². The van der Waals surface area contributed by atoms with E-state index in [1.807, 2.05) is 6.92 Å². The molecule has 0 aliphatic carbocycles. The molecule has 1 amide bonds. The molecule has 17 heavy (non-hydrogen) atoms. The molecule has 3 N–H and O–H groups in total. The maximum Gasteiger partial charge on any atom is 0.295 e. The maximum atomic E-state index is 11.5. The summed E-state index contributed by atoms with van der Waals surface area (Å²) in [6.45, 7) is 4.05. The van der Waals surface area contributed by atoms with E-state index in [2.05, 4.69) is 20.6 Å². The van der Waals surface area contributed by atoms with Crippen LogP contribution in [0, 0.1) is 0 Å². The number of carbonyl (C=O) groups is 1. The van der Waals surface area contributed by atoms with E-state index < -0.39 is 11.6 Å². The molecular formula is C10H16N4O3. The number of carbonyl (C=O) groups excluding carboxylic acids is 1. The van der Waals surface area contributed by atoms with E-state index in [-0.39, 0.29) is 17.5 Å². The number of anilines is 1. The summed E-state index contributed by atoms with van der Waals surface area (Å²) in [5.41, 5.74) is -0.395. The van der Waals surface area contributed by atoms with Crippen molar-refractivity contribution in [2.24, 2.45) is 0 Å². The van der Waals surface area contributed by atoms with Gasteiger partial charge in [-0.15, -0.1) is 0 Å². The van der Waals surface area contributed by atoms with Gasteiger partial charge in [-0.25, -0.2) is 4.98 Å². The van der Waals surface area contributed by atoms with Crippen LogP contribution in [0.25, 0.3) is 0 Å². The number of likely N-dealkylation sites (N-methyl/N-ethyl adjacent to an activating group) is 1. The van der Waals surface area contributed by atoms with Gasteiger partial charge in [0.25, 0.3) is 5.56 Å². The zero-order valence-electron chi connectivity index (χ0n) is 10.0. The summed E-state index contributed by atoms with van der Waals surface area (Å²) in [5.74, 6) is 0.135. The normalized spacial score (nSPS) is 11.7. The number of methoxy groups -OCH3 is 1. The highest BCUT2D eigenvalue weighted by molar-refractivity contribution is 5.84. The lowest BCUT2D eigenvalue weighted by Crippen LogP contribution is -2.37. The average Bonchev–Trinajstić information content (AvgIpc) is 2.29. The summed E-state index contributed by atoms with van der Waals surface area (Å²) in [5, 5.41) is 5.48. The lowest BCUT2D eigenvalue weighted by molar-refractivity contribution is -0.121. The van der Waals surface area contributed by atoms with Crippen molar-refractivity contribution in [2.75, 3.05) is 19.0 Å². The van der Waals surface area contributed by atoms with Crippen LogP contribution in [0.3, 0.4) is 0 Å². The minimum absolute atomic E-state index is 0.0589. The van der Waals surface area contributed by atoms with E-state index in [1.54, 1.807) is 6.92 Å². The second-order valence-electron chi connectivity index (χ2n) is 3.37. The van der Waals surface area contributed by atoms with E-state index in [1.165, 1.54) is 13.4 Å². The van der Waals surface area contributed by atoms with E-state index in [9.17, 15) is 9.59 Å². The minimum Gasteiger partial charge on any atom is -0.489 e. The third-order valence-electron chi connectivity index (χ3n) is 2.11. The first-order chi connectivity index (χ1) is 8.10. The Kier molecular flexibility index (Phi) is 4.50. The molecular weight excluding hydrogens is 224 g/mol. The number of aromatic amines is 1. The number of aromatic nitrogens is 2. The lowest BCUT2D eigenvalue weighted by atomic mass is 10.3. The van der Waals surface area contributed by atoms with Gasteiger partial charge >= 0.3 is 0 Å². The smallest absolute Gasteiger partial charge is 0.295 e. The topological polar surface area (TPSA) is 96.1 Å². The molecule has 0 aliphatic heterocycles. The number of nitrogens with one attached hydrogen (secondary N) is 3. The van der Waals surface area contributed by atoms with Gasteiger partial charge in [-0.1, -0.05) is 0 Å². The van der Waals surface area contributed by atoms with E-state index >= 15 is 0 Å². The third kappa shape index (κ3) is 3.20. The second kappa shape index (κ2) is 5.88. The van der Waals surface area contributed by atoms with Crippen LogP contribution in [-0.4, -0.2) is 35.6 Å². The highest BCUT2D eigenvalue weighted by Crippen LogP contribution is 2.15. The molecule has 0 aliphatic rings. The monoisotopic (exact) mass is 240 g/mol. The zero-order valence-corrected chi connectivity index (χ0v) is 10.0. The Bertz CT molecular complexity index is 443. The van der Waals surface area contributed by atoms with Gasteiger partial charge in [0.15, 0.2) is 5.82 Å². The lowest BCUT2D eigenvalue weighted by Gasteiger charge is -2.15. The molecule has 0 radical (unpaired) electrons. The highest BCUT2D eigenvalue weighted by atomic mass is 16.5. The van der Waals surface area contributed by atoms with Gasteiger partial charge < -0.3 is 20.4 Å². The molecule has 1 atom stereocenters. The summed E-state index contributed by atoms with van der Waals surface area (Å²) in [4.78, 5) is 29.2. The Balaban J connectivity index is 2.84. The van der Waals surface area contributed by atoms with E-state index in [0.29, 0.717) is 6.54 Å². The van der Waals surface area contributed by atoms with Gasteiger partial charge in [0.05, 0.1) is 13.4 Å². The number of hydrogen-bond donors (Lipinski definition) is 3. The highest BCUT2D eigenvalue weighted by Gasteiger charge is 2.16. The Labute approximate surface area is 98.6 Å². The Morgan fingerprint density at radius 1 is 1.65 bits per heavy atom. The second-order valence-corrected chi connectivity index (χ2v) is 3.37. The van der Waals surface area contributed by atoms with Crippen molar-refractivity contribution in [3.05, 3.63) is 16.7 Å². The predicted molar refractivity (Wildman–Crippen MR) is 63.2 cm³/mol. The van der Waals surface area contributed by atoms with Gasteiger partial charge in [0, 0.05) is 6.54 Å². The van der Waals surface area contributed by atoms with Crippen molar-refractivity contribution in [3.8, 4) is 5.75 Å². The molecule has 0 aromatic carbocycles. The van der Waals surface area contributed by atoms with Gasteiger partial charge in [-0.05, 0) is 13.8 Å². The Morgan fingerprint density at radius 3 is 2.94 bits per heavy atom. The van der Waals surface area contributed by atoms with Crippen LogP contribution < -0.4 is 20.9 Å². The first kappa shape index (κ1) is 13.0. The van der Waals surface area contributed by atoms with Crippen LogP contribution in [0.5, 0.6) is 5.75 Å². The summed E-state index contributed by atoms with van der Waals surface area (Å²) >= 11 is 0. The fraction of sp³-hybridized carbons (Fsp3) is 0.500. The number of H-pyrrole nitrogens is 1. The van der Waals surface area contributed by atoms with Crippen molar-refractivity contribution >= 4 is 11.7 Å². The maximum absolute atomic E-state index is 11.5. The SMILES string of the molecule is CCNC(=O)C(C)Nc1nc[nH]c(=O)c1OC. The number of nitrogens with zero attached hydrogens (tertiary/aromatic N) is 1. The van der Waals surface area contributed by atoms with Crippen molar-refractivity contribution < 1.29 is 9.53 Å². The van der Waals surface area contributed by atoms with Crippen LogP contribution in [0.4, 0.5) is 5.82 Å². The molecule has 0 fully saturated rings. The predicted octanol–water partition coefficient (Wildman–Crippen LogP) is -0.285. The van der Waals surface area contributed by atoms with Crippen molar-refractivity contribution in [1.29, 1.82) is 0 Å². The molecule has 7 nitrogen and oxygen atoms in total. The van der Waals surface area contributed by atoms with Gasteiger partial charge in [0.2, 0.25) is 11.7 Å². The number of amides is 1. The Morgan fingerprint density at radius 2 is 2.35 bits per heavy atom. The number of rotatable bonds is 5.